The van der Waals surface area contributed by atoms with E-state index in [0.29, 0.717) is 19.4 Å². The largest absolute Gasteiger partial charge is 0.481 e. The van der Waals surface area contributed by atoms with E-state index in [1.54, 1.807) is 12.3 Å². The third-order valence-corrected chi connectivity index (χ3v) is 7.41. The number of anilines is 2. The van der Waals surface area contributed by atoms with Gasteiger partial charge in [0.1, 0.15) is 6.29 Å². The molecule has 0 bridgehead atoms. The Morgan fingerprint density at radius 3 is 2.29 bits per heavy atom. The number of benzene rings is 3. The highest BCUT2D eigenvalue weighted by atomic mass is 16.4. The number of hydrogen-bond donors (Lipinski definition) is 2. The highest BCUT2D eigenvalue weighted by Gasteiger charge is 2.38. The molecule has 0 radical (unpaired) electrons. The van der Waals surface area contributed by atoms with E-state index in [-0.39, 0.29) is 6.42 Å². The second kappa shape index (κ2) is 11.4. The van der Waals surface area contributed by atoms with Crippen LogP contribution in [0.1, 0.15) is 29.7 Å². The number of pyridine rings is 1. The van der Waals surface area contributed by atoms with Crippen LogP contribution in [-0.2, 0) is 28.0 Å². The zero-order valence-electron chi connectivity index (χ0n) is 21.2. The summed E-state index contributed by atoms with van der Waals surface area (Å²) in [6.07, 6.45) is 4.14. The summed E-state index contributed by atoms with van der Waals surface area (Å²) in [6.45, 7) is 2.02. The zero-order chi connectivity index (χ0) is 26.4. The number of carboxylic acid groups (broad SMARTS) is 1. The minimum Gasteiger partial charge on any atom is -0.481 e. The van der Waals surface area contributed by atoms with Crippen molar-refractivity contribution in [3.05, 3.63) is 114 Å². The molecule has 38 heavy (non-hydrogen) atoms. The molecule has 0 saturated carbocycles. The Hall–Kier alpha value is -4.29. The van der Waals surface area contributed by atoms with Gasteiger partial charge in [0, 0.05) is 24.1 Å². The summed E-state index contributed by atoms with van der Waals surface area (Å²) < 4.78 is 0. The minimum absolute atomic E-state index is 0.0410. The van der Waals surface area contributed by atoms with Gasteiger partial charge >= 0.3 is 5.97 Å². The second-order valence-corrected chi connectivity index (χ2v) is 9.84. The summed E-state index contributed by atoms with van der Waals surface area (Å²) >= 11 is 0. The summed E-state index contributed by atoms with van der Waals surface area (Å²) in [6, 6.07) is 30.3. The maximum absolute atomic E-state index is 12.6. The molecule has 1 aliphatic heterocycles. The molecule has 1 aliphatic rings. The van der Waals surface area contributed by atoms with Gasteiger partial charge in [-0.15, -0.1) is 0 Å². The van der Waals surface area contributed by atoms with Crippen LogP contribution in [-0.4, -0.2) is 40.3 Å². The van der Waals surface area contributed by atoms with Crippen LogP contribution in [0, 0.1) is 0 Å². The maximum atomic E-state index is 12.6. The molecule has 2 N–H and O–H groups in total. The molecule has 1 fully saturated rings. The molecule has 0 spiro atoms. The van der Waals surface area contributed by atoms with Gasteiger partial charge in [-0.05, 0) is 72.5 Å². The number of para-hydroxylation sites is 1. The molecular formula is C32H31N3O3. The van der Waals surface area contributed by atoms with Gasteiger partial charge in [0.05, 0.1) is 17.5 Å². The smallest absolute Gasteiger partial charge is 0.307 e. The molecule has 0 amide bonds. The molecule has 1 aromatic heterocycles. The molecule has 192 valence electrons. The van der Waals surface area contributed by atoms with Crippen LogP contribution in [0.2, 0.25) is 0 Å². The van der Waals surface area contributed by atoms with Gasteiger partial charge in [-0.25, -0.2) is 0 Å². The molecule has 3 aromatic carbocycles. The van der Waals surface area contributed by atoms with Crippen molar-refractivity contribution in [2.75, 3.05) is 18.4 Å². The Bertz CT molecular complexity index is 1400. The predicted octanol–water partition coefficient (Wildman–Crippen LogP) is 5.85. The molecule has 0 unspecified atom stereocenters. The maximum Gasteiger partial charge on any atom is 0.307 e. The third-order valence-electron chi connectivity index (χ3n) is 7.41. The molecule has 6 nitrogen and oxygen atoms in total. The Balaban J connectivity index is 1.30. The first-order valence-corrected chi connectivity index (χ1v) is 12.9. The minimum atomic E-state index is -0.864. The van der Waals surface area contributed by atoms with Crippen LogP contribution in [0.4, 0.5) is 11.4 Å². The Kier molecular flexibility index (Phi) is 7.61. The number of carboxylic acids is 1. The van der Waals surface area contributed by atoms with E-state index in [1.807, 2.05) is 42.5 Å². The number of hydrogen-bond acceptors (Lipinski definition) is 5. The lowest BCUT2D eigenvalue weighted by molar-refractivity contribution is -0.136. The van der Waals surface area contributed by atoms with Gasteiger partial charge in [-0.1, -0.05) is 66.7 Å². The fourth-order valence-electron chi connectivity index (χ4n) is 5.27. The summed E-state index contributed by atoms with van der Waals surface area (Å²) in [5.74, 6) is -0.864. The van der Waals surface area contributed by atoms with Crippen molar-refractivity contribution in [2.24, 2.45) is 0 Å². The van der Waals surface area contributed by atoms with Gasteiger partial charge < -0.3 is 15.2 Å². The van der Waals surface area contributed by atoms with Crippen molar-refractivity contribution in [3.8, 4) is 11.1 Å². The van der Waals surface area contributed by atoms with Crippen LogP contribution < -0.4 is 5.32 Å². The van der Waals surface area contributed by atoms with E-state index in [9.17, 15) is 14.7 Å². The second-order valence-electron chi connectivity index (χ2n) is 9.84. The Morgan fingerprint density at radius 2 is 1.58 bits per heavy atom. The zero-order valence-corrected chi connectivity index (χ0v) is 21.2. The summed E-state index contributed by atoms with van der Waals surface area (Å²) in [5.41, 5.74) is 6.18. The van der Waals surface area contributed by atoms with Crippen molar-refractivity contribution < 1.29 is 14.7 Å². The van der Waals surface area contributed by atoms with Crippen molar-refractivity contribution in [1.29, 1.82) is 0 Å². The van der Waals surface area contributed by atoms with E-state index >= 15 is 0 Å². The number of aldehydes is 1. The lowest BCUT2D eigenvalue weighted by Gasteiger charge is -2.39. The number of piperidine rings is 1. The van der Waals surface area contributed by atoms with Crippen LogP contribution in [0.25, 0.3) is 11.1 Å². The molecule has 0 atom stereocenters. The normalized spacial score (nSPS) is 15.1. The van der Waals surface area contributed by atoms with E-state index in [1.165, 1.54) is 5.56 Å². The van der Waals surface area contributed by atoms with E-state index in [4.69, 9.17) is 0 Å². The van der Waals surface area contributed by atoms with Gasteiger partial charge in [-0.2, -0.15) is 0 Å². The van der Waals surface area contributed by atoms with Crippen molar-refractivity contribution in [2.45, 2.75) is 31.2 Å². The fraction of sp³-hybridized carbons (Fsp3) is 0.219. The monoisotopic (exact) mass is 505 g/mol. The fourth-order valence-corrected chi connectivity index (χ4v) is 5.27. The number of likely N-dealkylation sites (tertiary alicyclic amines) is 1. The molecular weight excluding hydrogens is 474 g/mol. The topological polar surface area (TPSA) is 82.5 Å². The molecule has 4 aromatic rings. The quantitative estimate of drug-likeness (QED) is 0.278. The van der Waals surface area contributed by atoms with Crippen LogP contribution in [0.5, 0.6) is 0 Å². The van der Waals surface area contributed by atoms with Gasteiger partial charge in [-0.3, -0.25) is 14.7 Å². The third kappa shape index (κ3) is 5.66. The summed E-state index contributed by atoms with van der Waals surface area (Å²) in [7, 11) is 0. The average Bonchev–Trinajstić information content (AvgIpc) is 2.96. The van der Waals surface area contributed by atoms with Crippen LogP contribution >= 0.6 is 0 Å². The number of carbonyl (C=O) groups is 2. The van der Waals surface area contributed by atoms with E-state index < -0.39 is 11.4 Å². The SMILES string of the molecule is O=CC1(c2ccccc2Nc2ccc(-c3ccccc3)cc2)CCN(Cc2ncccc2CC(=O)O)CC1. The van der Waals surface area contributed by atoms with Gasteiger partial charge in [0.15, 0.2) is 0 Å². The number of nitrogens with zero attached hydrogens (tertiary/aromatic N) is 2. The van der Waals surface area contributed by atoms with Crippen molar-refractivity contribution in [1.82, 2.24) is 9.88 Å². The number of rotatable bonds is 9. The number of aliphatic carboxylic acids is 1. The van der Waals surface area contributed by atoms with E-state index in [2.05, 4.69) is 57.7 Å². The standard InChI is InChI=1S/C32H31N3O3/c36-23-32(16-19-35(20-17-32)22-30-26(21-31(37)38)9-6-18-33-30)28-10-4-5-11-29(28)34-27-14-12-25(13-15-27)24-7-2-1-3-8-24/h1-15,18,23,34H,16-17,19-22H2,(H,37,38). The average molecular weight is 506 g/mol. The number of aromatic nitrogens is 1. The predicted molar refractivity (Wildman–Crippen MR) is 149 cm³/mol. The van der Waals surface area contributed by atoms with Gasteiger partial charge in [0.2, 0.25) is 0 Å². The Labute approximate surface area is 223 Å². The van der Waals surface area contributed by atoms with Crippen molar-refractivity contribution in [3.63, 3.8) is 0 Å². The number of carbonyl (C=O) groups excluding carboxylic acids is 1. The van der Waals surface area contributed by atoms with Gasteiger partial charge in [0.25, 0.3) is 0 Å². The highest BCUT2D eigenvalue weighted by molar-refractivity contribution is 5.77. The van der Waals surface area contributed by atoms with Crippen molar-refractivity contribution >= 4 is 23.6 Å². The summed E-state index contributed by atoms with van der Waals surface area (Å²) in [4.78, 5) is 30.6. The molecule has 0 aliphatic carbocycles. The van der Waals surface area contributed by atoms with Crippen LogP contribution in [0.3, 0.4) is 0 Å². The highest BCUT2D eigenvalue weighted by Crippen LogP contribution is 2.39. The molecule has 1 saturated heterocycles. The Morgan fingerprint density at radius 1 is 0.895 bits per heavy atom. The molecule has 5 rings (SSSR count). The van der Waals surface area contributed by atoms with Crippen LogP contribution in [0.15, 0.2) is 97.2 Å². The first-order valence-electron chi connectivity index (χ1n) is 12.9. The first-order chi connectivity index (χ1) is 18.6. The molecule has 2 heterocycles. The lowest BCUT2D eigenvalue weighted by atomic mass is 9.73. The summed E-state index contributed by atoms with van der Waals surface area (Å²) in [5, 5.41) is 12.8. The molecule has 6 heteroatoms. The lowest BCUT2D eigenvalue weighted by Crippen LogP contribution is -2.43. The van der Waals surface area contributed by atoms with E-state index in [0.717, 1.165) is 53.1 Å². The number of nitrogens with one attached hydrogen (secondary N) is 1. The first kappa shape index (κ1) is 25.4.